The van der Waals surface area contributed by atoms with Crippen LogP contribution in [0, 0.1) is 12.7 Å². The Balaban J connectivity index is 2.11. The summed E-state index contributed by atoms with van der Waals surface area (Å²) in [6, 6.07) is 4.16. The fraction of sp³-hybridized carbons (Fsp3) is 0.0833. The van der Waals surface area contributed by atoms with Crippen LogP contribution in [0.1, 0.15) is 17.2 Å². The van der Waals surface area contributed by atoms with Crippen molar-refractivity contribution in [2.75, 3.05) is 5.32 Å². The maximum Gasteiger partial charge on any atom is 0.256 e. The average Bonchev–Trinajstić information content (AvgIpc) is 2.86. The number of H-pyrrole nitrogens is 1. The molecule has 18 heavy (non-hydrogen) atoms. The van der Waals surface area contributed by atoms with E-state index in [0.717, 1.165) is 0 Å². The highest BCUT2D eigenvalue weighted by molar-refractivity contribution is 6.34. The van der Waals surface area contributed by atoms with Crippen molar-refractivity contribution in [2.24, 2.45) is 0 Å². The first kappa shape index (κ1) is 10.6. The maximum atomic E-state index is 13.2. The highest BCUT2D eigenvalue weighted by Crippen LogP contribution is 2.32. The van der Waals surface area contributed by atoms with Crippen LogP contribution in [0.5, 0.6) is 0 Å². The molecule has 0 saturated heterocycles. The molecule has 1 aromatic heterocycles. The Morgan fingerprint density at radius 1 is 1.39 bits per heavy atom. The lowest BCUT2D eigenvalue weighted by molar-refractivity contribution is -0.110. The van der Waals surface area contributed by atoms with Crippen LogP contribution >= 0.6 is 0 Å². The second-order valence-electron chi connectivity index (χ2n) is 3.98. The zero-order valence-corrected chi connectivity index (χ0v) is 9.49. The number of aromatic nitrogens is 3. The topological polar surface area (TPSA) is 70.7 Å². The molecule has 6 heteroatoms. The Bertz CT molecular complexity index is 674. The first-order valence-corrected chi connectivity index (χ1v) is 5.35. The van der Waals surface area contributed by atoms with Crippen LogP contribution in [0.25, 0.3) is 11.6 Å². The minimum absolute atomic E-state index is 0.280. The predicted molar refractivity (Wildman–Crippen MR) is 64.0 cm³/mol. The van der Waals surface area contributed by atoms with Gasteiger partial charge < -0.3 is 5.32 Å². The summed E-state index contributed by atoms with van der Waals surface area (Å²) in [6.07, 6.45) is 1.53. The van der Waals surface area contributed by atoms with Crippen LogP contribution < -0.4 is 5.32 Å². The van der Waals surface area contributed by atoms with E-state index in [-0.39, 0.29) is 11.7 Å². The molecule has 0 saturated carbocycles. The van der Waals surface area contributed by atoms with Gasteiger partial charge in [-0.05, 0) is 31.2 Å². The van der Waals surface area contributed by atoms with Gasteiger partial charge in [-0.15, -0.1) is 0 Å². The number of carbonyl (C=O) groups excluding carboxylic acids is 1. The Morgan fingerprint density at radius 2 is 2.22 bits per heavy atom. The molecule has 2 N–H and O–H groups in total. The Labute approximate surface area is 102 Å². The van der Waals surface area contributed by atoms with Gasteiger partial charge in [0.15, 0.2) is 5.82 Å². The normalized spacial score (nSPS) is 15.9. The number of amides is 1. The first-order chi connectivity index (χ1) is 8.63. The molecule has 0 spiro atoms. The maximum absolute atomic E-state index is 13.2. The van der Waals surface area contributed by atoms with Crippen LogP contribution in [0.2, 0.25) is 0 Å². The second kappa shape index (κ2) is 3.76. The zero-order chi connectivity index (χ0) is 12.7. The third-order valence-electron chi connectivity index (χ3n) is 2.65. The van der Waals surface area contributed by atoms with E-state index >= 15 is 0 Å². The molecule has 1 aliphatic heterocycles. The van der Waals surface area contributed by atoms with Crippen LogP contribution in [0.3, 0.4) is 0 Å². The largest absolute Gasteiger partial charge is 0.321 e. The molecule has 5 nitrogen and oxygen atoms in total. The van der Waals surface area contributed by atoms with Gasteiger partial charge >= 0.3 is 0 Å². The van der Waals surface area contributed by atoms with E-state index in [1.54, 1.807) is 6.92 Å². The number of hydrogen-bond acceptors (Lipinski definition) is 3. The Morgan fingerprint density at radius 3 is 2.94 bits per heavy atom. The molecule has 2 aromatic rings. The van der Waals surface area contributed by atoms with Gasteiger partial charge in [0.2, 0.25) is 0 Å². The highest BCUT2D eigenvalue weighted by atomic mass is 19.1. The minimum atomic E-state index is -0.387. The highest BCUT2D eigenvalue weighted by Gasteiger charge is 2.24. The summed E-state index contributed by atoms with van der Waals surface area (Å²) < 4.78 is 13.2. The number of fused-ring (bicyclic) bond motifs is 1. The summed E-state index contributed by atoms with van der Waals surface area (Å²) in [6.45, 7) is 1.76. The lowest BCUT2D eigenvalue weighted by Gasteiger charge is -1.97. The van der Waals surface area contributed by atoms with Crippen LogP contribution in [0.15, 0.2) is 18.2 Å². The summed E-state index contributed by atoms with van der Waals surface area (Å²) >= 11 is 0. The van der Waals surface area contributed by atoms with Crippen molar-refractivity contribution in [3.63, 3.8) is 0 Å². The quantitative estimate of drug-likeness (QED) is 0.751. The van der Waals surface area contributed by atoms with Gasteiger partial charge in [-0.3, -0.25) is 9.89 Å². The molecule has 0 atom stereocenters. The number of carbonyl (C=O) groups is 1. The molecule has 1 amide bonds. The number of benzene rings is 1. The summed E-state index contributed by atoms with van der Waals surface area (Å²) in [5.41, 5.74) is 1.49. The first-order valence-electron chi connectivity index (χ1n) is 5.35. The monoisotopic (exact) mass is 244 g/mol. The minimum Gasteiger partial charge on any atom is -0.321 e. The van der Waals surface area contributed by atoms with Crippen LogP contribution in [0.4, 0.5) is 10.1 Å². The van der Waals surface area contributed by atoms with Gasteiger partial charge in [0.25, 0.3) is 5.91 Å². The Kier molecular flexibility index (Phi) is 2.22. The van der Waals surface area contributed by atoms with Gasteiger partial charge in [0.05, 0.1) is 5.57 Å². The SMILES string of the molecule is Cc1nc(C=C2C(=O)Nc3ccc(F)cc32)n[nH]1. The van der Waals surface area contributed by atoms with Gasteiger partial charge in [0.1, 0.15) is 11.6 Å². The lowest BCUT2D eigenvalue weighted by Crippen LogP contribution is -2.03. The molecule has 1 aromatic carbocycles. The number of halogens is 1. The molecule has 0 bridgehead atoms. The summed E-state index contributed by atoms with van der Waals surface area (Å²) in [5, 5.41) is 9.27. The number of rotatable bonds is 1. The molecule has 3 rings (SSSR count). The van der Waals surface area contributed by atoms with Crippen molar-refractivity contribution in [1.29, 1.82) is 0 Å². The summed E-state index contributed by atoms with van der Waals surface area (Å²) in [5.74, 6) is 0.384. The summed E-state index contributed by atoms with van der Waals surface area (Å²) in [4.78, 5) is 15.9. The zero-order valence-electron chi connectivity index (χ0n) is 9.49. The van der Waals surface area contributed by atoms with Crippen LogP contribution in [-0.4, -0.2) is 21.1 Å². The van der Waals surface area contributed by atoms with E-state index in [1.165, 1.54) is 24.3 Å². The Hall–Kier alpha value is -2.50. The number of anilines is 1. The fourth-order valence-corrected chi connectivity index (χ4v) is 1.86. The standard InChI is InChI=1S/C12H9FN4O/c1-6-14-11(17-16-6)5-9-8-4-7(13)2-3-10(8)15-12(9)18/h2-5H,1H3,(H,15,18)(H,14,16,17). The molecule has 0 unspecified atom stereocenters. The van der Waals surface area contributed by atoms with Crippen molar-refractivity contribution >= 4 is 23.2 Å². The molecule has 0 aliphatic carbocycles. The number of aromatic amines is 1. The summed E-state index contributed by atoms with van der Waals surface area (Å²) in [7, 11) is 0. The van der Waals surface area contributed by atoms with Crippen molar-refractivity contribution in [2.45, 2.75) is 6.92 Å². The molecule has 0 radical (unpaired) electrons. The molecular formula is C12H9FN4O. The average molecular weight is 244 g/mol. The van der Waals surface area contributed by atoms with Crippen LogP contribution in [-0.2, 0) is 4.79 Å². The van der Waals surface area contributed by atoms with E-state index in [2.05, 4.69) is 20.5 Å². The molecule has 2 heterocycles. The lowest BCUT2D eigenvalue weighted by atomic mass is 10.1. The van der Waals surface area contributed by atoms with Gasteiger partial charge in [-0.1, -0.05) is 0 Å². The van der Waals surface area contributed by atoms with E-state index in [0.29, 0.717) is 28.5 Å². The smallest absolute Gasteiger partial charge is 0.256 e. The van der Waals surface area contributed by atoms with Crippen molar-refractivity contribution in [3.8, 4) is 0 Å². The van der Waals surface area contributed by atoms with Crippen molar-refractivity contribution in [3.05, 3.63) is 41.2 Å². The third-order valence-corrected chi connectivity index (χ3v) is 2.65. The fourth-order valence-electron chi connectivity index (χ4n) is 1.86. The van der Waals surface area contributed by atoms with Gasteiger partial charge in [0, 0.05) is 11.3 Å². The van der Waals surface area contributed by atoms with Crippen molar-refractivity contribution < 1.29 is 9.18 Å². The molecular weight excluding hydrogens is 235 g/mol. The number of hydrogen-bond donors (Lipinski definition) is 2. The van der Waals surface area contributed by atoms with Crippen molar-refractivity contribution in [1.82, 2.24) is 15.2 Å². The molecule has 90 valence electrons. The number of aryl methyl sites for hydroxylation is 1. The second-order valence-corrected chi connectivity index (χ2v) is 3.98. The predicted octanol–water partition coefficient (Wildman–Crippen LogP) is 1.74. The van der Waals surface area contributed by atoms with E-state index < -0.39 is 0 Å². The molecule has 1 aliphatic rings. The van der Waals surface area contributed by atoms with E-state index in [4.69, 9.17) is 0 Å². The van der Waals surface area contributed by atoms with E-state index in [1.807, 2.05) is 0 Å². The number of nitrogens with zero attached hydrogens (tertiary/aromatic N) is 2. The van der Waals surface area contributed by atoms with Gasteiger partial charge in [-0.25, -0.2) is 9.37 Å². The third kappa shape index (κ3) is 1.67. The van der Waals surface area contributed by atoms with Gasteiger partial charge in [-0.2, -0.15) is 5.10 Å². The van der Waals surface area contributed by atoms with E-state index in [9.17, 15) is 9.18 Å². The molecule has 0 fully saturated rings. The number of nitrogens with one attached hydrogen (secondary N) is 2.